The van der Waals surface area contributed by atoms with E-state index in [0.29, 0.717) is 10.9 Å². The first-order chi connectivity index (χ1) is 6.24. The minimum atomic E-state index is -0.169. The van der Waals surface area contributed by atoms with Gasteiger partial charge < -0.3 is 4.57 Å². The monoisotopic (exact) mass is 199 g/mol. The summed E-state index contributed by atoms with van der Waals surface area (Å²) in [5, 5.41) is 4.13. The summed E-state index contributed by atoms with van der Waals surface area (Å²) in [6.45, 7) is 0. The van der Waals surface area contributed by atoms with Gasteiger partial charge >= 0.3 is 0 Å². The van der Waals surface area contributed by atoms with Crippen LogP contribution in [0.1, 0.15) is 0 Å². The van der Waals surface area contributed by atoms with Gasteiger partial charge in [-0.15, -0.1) is 3.89 Å². The molecule has 0 N–H and O–H groups in total. The summed E-state index contributed by atoms with van der Waals surface area (Å²) < 4.78 is 14.7. The number of fused-ring (bicyclic) bond motifs is 1. The number of hydrogen-bond acceptors (Lipinski definition) is 3. The lowest BCUT2D eigenvalue weighted by atomic mass is 10.3. The van der Waals surface area contributed by atoms with Gasteiger partial charge in [0.2, 0.25) is 0 Å². The highest BCUT2D eigenvalue weighted by atomic mass is 32.2. The standard InChI is InChI=1S/C7H6FN3OS/c1-10-3-2-6-5(7(10)12)4-9-11(6)13-8/h2-4H,1H3. The van der Waals surface area contributed by atoms with Gasteiger partial charge in [0.25, 0.3) is 5.56 Å². The van der Waals surface area contributed by atoms with Crippen LogP contribution in [-0.2, 0) is 7.05 Å². The SMILES string of the molecule is Cn1ccc2c(cnn2SF)c1=O. The Balaban J connectivity index is 2.89. The average molecular weight is 199 g/mol. The highest BCUT2D eigenvalue weighted by molar-refractivity contribution is 7.92. The van der Waals surface area contributed by atoms with Crippen molar-refractivity contribution in [1.29, 1.82) is 0 Å². The molecule has 13 heavy (non-hydrogen) atoms. The van der Waals surface area contributed by atoms with E-state index in [2.05, 4.69) is 5.10 Å². The Bertz CT molecular complexity index is 504. The van der Waals surface area contributed by atoms with Crippen molar-refractivity contribution in [2.75, 3.05) is 0 Å². The van der Waals surface area contributed by atoms with Crippen molar-refractivity contribution in [2.24, 2.45) is 7.05 Å². The largest absolute Gasteiger partial charge is 0.318 e. The van der Waals surface area contributed by atoms with Crippen LogP contribution in [0.25, 0.3) is 10.9 Å². The van der Waals surface area contributed by atoms with Gasteiger partial charge in [-0.3, -0.25) is 4.79 Å². The van der Waals surface area contributed by atoms with Crippen molar-refractivity contribution in [1.82, 2.24) is 13.8 Å². The molecule has 0 atom stereocenters. The Hall–Kier alpha value is -1.30. The van der Waals surface area contributed by atoms with E-state index in [9.17, 15) is 8.68 Å². The number of nitrogens with zero attached hydrogens (tertiary/aromatic N) is 3. The Kier molecular flexibility index (Phi) is 1.84. The molecular weight excluding hydrogens is 193 g/mol. The third-order valence-corrected chi connectivity index (χ3v) is 2.27. The first kappa shape index (κ1) is 8.31. The van der Waals surface area contributed by atoms with Gasteiger partial charge in [0.1, 0.15) is 0 Å². The van der Waals surface area contributed by atoms with E-state index in [1.807, 2.05) is 0 Å². The molecule has 0 bridgehead atoms. The van der Waals surface area contributed by atoms with Crippen LogP contribution in [0, 0.1) is 0 Å². The fourth-order valence-corrected chi connectivity index (χ4v) is 1.47. The van der Waals surface area contributed by atoms with Gasteiger partial charge in [-0.25, -0.2) is 0 Å². The number of halogens is 1. The van der Waals surface area contributed by atoms with Gasteiger partial charge in [0.05, 0.1) is 17.1 Å². The summed E-state index contributed by atoms with van der Waals surface area (Å²) in [7, 11) is 1.64. The minimum Gasteiger partial charge on any atom is -0.318 e. The molecule has 68 valence electrons. The fourth-order valence-electron chi connectivity index (χ4n) is 1.15. The van der Waals surface area contributed by atoms with E-state index in [1.165, 1.54) is 10.8 Å². The van der Waals surface area contributed by atoms with Crippen molar-refractivity contribution >= 4 is 23.2 Å². The summed E-state index contributed by atoms with van der Waals surface area (Å²) in [5.41, 5.74) is 0.327. The normalized spacial score (nSPS) is 10.9. The molecule has 2 rings (SSSR count). The molecule has 0 spiro atoms. The summed E-state index contributed by atoms with van der Waals surface area (Å²) in [4.78, 5) is 11.4. The number of rotatable bonds is 1. The summed E-state index contributed by atoms with van der Waals surface area (Å²) >= 11 is -0.0231. The van der Waals surface area contributed by atoms with Crippen LogP contribution in [0.3, 0.4) is 0 Å². The lowest BCUT2D eigenvalue weighted by Gasteiger charge is -1.96. The summed E-state index contributed by atoms with van der Waals surface area (Å²) in [6, 6.07) is 1.65. The quantitative estimate of drug-likeness (QED) is 0.690. The van der Waals surface area contributed by atoms with Crippen LogP contribution in [-0.4, -0.2) is 13.8 Å². The molecule has 0 aliphatic carbocycles. The van der Waals surface area contributed by atoms with Crippen LogP contribution < -0.4 is 5.56 Å². The Morgan fingerprint density at radius 1 is 1.62 bits per heavy atom. The van der Waals surface area contributed by atoms with Crippen molar-refractivity contribution in [3.05, 3.63) is 28.8 Å². The molecule has 0 radical (unpaired) electrons. The highest BCUT2D eigenvalue weighted by Gasteiger charge is 2.06. The van der Waals surface area contributed by atoms with Crippen LogP contribution in [0.2, 0.25) is 0 Å². The van der Waals surface area contributed by atoms with Crippen LogP contribution in [0.4, 0.5) is 3.89 Å². The second-order valence-electron chi connectivity index (χ2n) is 2.62. The molecule has 4 nitrogen and oxygen atoms in total. The maximum atomic E-state index is 12.2. The van der Waals surface area contributed by atoms with E-state index in [0.717, 1.165) is 4.09 Å². The van der Waals surface area contributed by atoms with Gasteiger partial charge in [0.15, 0.2) is 12.3 Å². The first-order valence-corrected chi connectivity index (χ1v) is 4.24. The molecule has 0 amide bonds. The lowest BCUT2D eigenvalue weighted by molar-refractivity contribution is 0.870. The minimum absolute atomic E-state index is 0.0231. The van der Waals surface area contributed by atoms with Crippen LogP contribution in [0.5, 0.6) is 0 Å². The maximum absolute atomic E-state index is 12.2. The molecular formula is C7H6FN3OS. The van der Waals surface area contributed by atoms with E-state index in [-0.39, 0.29) is 17.9 Å². The van der Waals surface area contributed by atoms with E-state index < -0.39 is 0 Å². The van der Waals surface area contributed by atoms with Gasteiger partial charge in [-0.05, 0) is 6.07 Å². The van der Waals surface area contributed by atoms with E-state index >= 15 is 0 Å². The van der Waals surface area contributed by atoms with Gasteiger partial charge in [-0.2, -0.15) is 9.19 Å². The molecule has 2 heterocycles. The second kappa shape index (κ2) is 2.88. The number of pyridine rings is 1. The topological polar surface area (TPSA) is 39.8 Å². The molecule has 2 aromatic rings. The molecule has 0 saturated heterocycles. The van der Waals surface area contributed by atoms with Crippen molar-refractivity contribution < 1.29 is 3.89 Å². The zero-order chi connectivity index (χ0) is 9.42. The Labute approximate surface area is 77.4 Å². The first-order valence-electron chi connectivity index (χ1n) is 3.56. The number of aryl methyl sites for hydroxylation is 1. The third kappa shape index (κ3) is 1.14. The Morgan fingerprint density at radius 2 is 2.38 bits per heavy atom. The average Bonchev–Trinajstić information content (AvgIpc) is 2.55. The summed E-state index contributed by atoms with van der Waals surface area (Å²) in [5.74, 6) is 0. The number of hydrogen-bond donors (Lipinski definition) is 0. The lowest BCUT2D eigenvalue weighted by Crippen LogP contribution is -2.14. The zero-order valence-electron chi connectivity index (χ0n) is 6.77. The Morgan fingerprint density at radius 3 is 3.08 bits per heavy atom. The molecule has 2 aromatic heterocycles. The van der Waals surface area contributed by atoms with Crippen molar-refractivity contribution in [3.63, 3.8) is 0 Å². The van der Waals surface area contributed by atoms with E-state index in [1.54, 1.807) is 19.3 Å². The summed E-state index contributed by atoms with van der Waals surface area (Å²) in [6.07, 6.45) is 2.95. The van der Waals surface area contributed by atoms with Gasteiger partial charge in [0, 0.05) is 13.2 Å². The van der Waals surface area contributed by atoms with E-state index in [4.69, 9.17) is 0 Å². The number of aromatic nitrogens is 3. The van der Waals surface area contributed by atoms with Crippen LogP contribution in [0.15, 0.2) is 23.3 Å². The zero-order valence-corrected chi connectivity index (χ0v) is 7.58. The molecule has 0 aliphatic heterocycles. The molecule has 0 fully saturated rings. The maximum Gasteiger partial charge on any atom is 0.261 e. The molecule has 0 unspecified atom stereocenters. The van der Waals surface area contributed by atoms with Crippen LogP contribution >= 0.6 is 12.3 Å². The molecule has 0 aromatic carbocycles. The second-order valence-corrected chi connectivity index (χ2v) is 3.10. The van der Waals surface area contributed by atoms with Gasteiger partial charge in [-0.1, -0.05) is 0 Å². The molecule has 6 heteroatoms. The predicted octanol–water partition coefficient (Wildman–Crippen LogP) is 1.12. The van der Waals surface area contributed by atoms with Crippen molar-refractivity contribution in [3.8, 4) is 0 Å². The molecule has 0 saturated carbocycles. The highest BCUT2D eigenvalue weighted by Crippen LogP contribution is 2.15. The molecule has 0 aliphatic rings. The predicted molar refractivity (Wildman–Crippen MR) is 49.1 cm³/mol. The smallest absolute Gasteiger partial charge is 0.261 e. The van der Waals surface area contributed by atoms with Crippen molar-refractivity contribution in [2.45, 2.75) is 0 Å². The fraction of sp³-hybridized carbons (Fsp3) is 0.143. The third-order valence-electron chi connectivity index (χ3n) is 1.85.